The van der Waals surface area contributed by atoms with Crippen LogP contribution in [0.1, 0.15) is 59.7 Å². The third-order valence-electron chi connectivity index (χ3n) is 21.1. The molecule has 0 bridgehead atoms. The number of nitrogens with zero attached hydrogens (tertiary/aromatic N) is 9. The van der Waals surface area contributed by atoms with E-state index in [9.17, 15) is 9.59 Å². The van der Waals surface area contributed by atoms with E-state index in [4.69, 9.17) is 34.4 Å². The molecule has 5 heterocycles. The summed E-state index contributed by atoms with van der Waals surface area (Å²) in [6.45, 7) is 0. The van der Waals surface area contributed by atoms with E-state index in [0.29, 0.717) is 22.6 Å². The summed E-state index contributed by atoms with van der Waals surface area (Å²) in [6.07, 6.45) is 5.55. The van der Waals surface area contributed by atoms with E-state index in [1.807, 2.05) is 196 Å². The number of imidazole rings is 3. The lowest BCUT2D eigenvalue weighted by molar-refractivity contribution is 0.0991. The van der Waals surface area contributed by atoms with Crippen molar-refractivity contribution in [2.24, 2.45) is 20.0 Å². The van der Waals surface area contributed by atoms with Crippen molar-refractivity contribution in [1.82, 2.24) is 29.9 Å². The van der Waals surface area contributed by atoms with Crippen LogP contribution in [0.3, 0.4) is 0 Å². The van der Waals surface area contributed by atoms with Gasteiger partial charge in [0.15, 0.2) is 5.78 Å². The SMILES string of the molecule is CN(C)c1ccc(C2=Nc3ccc(-c4ccc5nc(-c6ccc(N(C)C)cc6)[nH]c5c4)cc3C2)cc1.COc1ccc(C2=Nc3ccc(-c4ccc5nc(-c6ccc(OC)cc6)[nH]c5c4)cc3C2)cc1.O=C(Cc1ccc2nc(-c3ccc(NC(=O)c4ccc(N=Cc5ccccc5)cc4)cc3)[nH]c2c1)c1ccc(N=Cc2ccccc2)cc1. The highest BCUT2D eigenvalue weighted by Crippen LogP contribution is 2.38. The molecule has 17 heteroatoms. The maximum Gasteiger partial charge on any atom is 0.255 e. The van der Waals surface area contributed by atoms with Gasteiger partial charge in [-0.05, 0) is 280 Å². The second kappa shape index (κ2) is 34.3. The second-order valence-corrected chi connectivity index (χ2v) is 29.6. The van der Waals surface area contributed by atoms with Crippen molar-refractivity contribution in [1.29, 1.82) is 0 Å². The number of aromatic amines is 3. The van der Waals surface area contributed by atoms with Crippen LogP contribution >= 0.6 is 0 Å². The summed E-state index contributed by atoms with van der Waals surface area (Å²) in [7, 11) is 11.6. The molecule has 0 aliphatic carbocycles. The number of aromatic nitrogens is 6. The van der Waals surface area contributed by atoms with Gasteiger partial charge in [0.2, 0.25) is 0 Å². The summed E-state index contributed by atoms with van der Waals surface area (Å²) in [4.78, 5) is 73.6. The van der Waals surface area contributed by atoms with Crippen LogP contribution in [0.2, 0.25) is 0 Å². The first-order chi connectivity index (χ1) is 58.2. The molecule has 580 valence electrons. The Morgan fingerprint density at radius 2 is 0.756 bits per heavy atom. The van der Waals surface area contributed by atoms with Gasteiger partial charge < -0.3 is 39.5 Å². The number of anilines is 3. The third-order valence-corrected chi connectivity index (χ3v) is 21.1. The molecule has 1 amide bonds. The van der Waals surface area contributed by atoms with Gasteiger partial charge in [-0.3, -0.25) is 29.6 Å². The number of rotatable bonds is 20. The van der Waals surface area contributed by atoms with Gasteiger partial charge in [-0.1, -0.05) is 103 Å². The quantitative estimate of drug-likeness (QED) is 0.0422. The predicted octanol–water partition coefficient (Wildman–Crippen LogP) is 22.7. The molecule has 0 fully saturated rings. The van der Waals surface area contributed by atoms with E-state index in [-0.39, 0.29) is 18.1 Å². The molecular formula is C102H83N13O4. The topological polar surface area (TPSA) is 207 Å². The molecule has 17 aromatic rings. The zero-order chi connectivity index (χ0) is 81.3. The number of methoxy groups -OCH3 is 2. The van der Waals surface area contributed by atoms with Gasteiger partial charge in [0.05, 0.1) is 81.5 Å². The van der Waals surface area contributed by atoms with E-state index < -0.39 is 0 Å². The van der Waals surface area contributed by atoms with Crippen molar-refractivity contribution in [2.45, 2.75) is 19.3 Å². The first-order valence-electron chi connectivity index (χ1n) is 39.3. The molecule has 0 spiro atoms. The van der Waals surface area contributed by atoms with E-state index in [0.717, 1.165) is 148 Å². The molecule has 2 aliphatic heterocycles. The number of carbonyl (C=O) groups is 2. The normalized spacial score (nSPS) is 12.0. The Morgan fingerprint density at radius 1 is 0.387 bits per heavy atom. The van der Waals surface area contributed by atoms with E-state index in [1.54, 1.807) is 32.6 Å². The van der Waals surface area contributed by atoms with Crippen molar-refractivity contribution in [3.8, 4) is 67.9 Å². The number of hydrogen-bond donors (Lipinski definition) is 4. The van der Waals surface area contributed by atoms with Crippen molar-refractivity contribution in [2.75, 3.05) is 57.5 Å². The Balaban J connectivity index is 0.000000130. The van der Waals surface area contributed by atoms with Crippen molar-refractivity contribution in [3.05, 3.63) is 372 Å². The average Bonchev–Trinajstić information content (AvgIpc) is 1.70. The number of ketones is 1. The standard InChI is InChI=1S/C42H31N5O2.C31H29N5.C29H23N3O2/c48-40(32-12-18-35(19-13-32)43-27-29-7-3-1-4-8-29)26-31-11-24-38-39(25-31)47-41(46-38)33-14-22-37(23-15-33)45-42(49)34-16-20-36(21-17-34)44-28-30-9-5-2-6-10-30;1-35(2)25-11-5-20(6-12-25)29-19-24-17-22(9-15-27(24)32-29)23-10-16-28-30(18-23)34-31(33-28)21-7-13-26(14-8-21)36(3)4;1-33-23-9-3-18(4-10-23)27-17-22-15-20(7-13-25(22)30-27)21-8-14-26-28(16-21)32-29(31-26)19-5-11-24(34-2)12-6-19/h1-25,27-28H,26H2,(H,45,49)(H,46,47);5-18H,19H2,1-4H3,(H,33,34);3-16H,17H2,1-2H3,(H,31,32). The minimum absolute atomic E-state index is 0.0304. The molecule has 0 radical (unpaired) electrons. The number of Topliss-reactive ketones (excluding diaryl/α,β-unsaturated/α-hetero) is 1. The van der Waals surface area contributed by atoms with E-state index in [2.05, 4.69) is 188 Å². The first-order valence-corrected chi connectivity index (χ1v) is 39.3. The van der Waals surface area contributed by atoms with Gasteiger partial charge in [-0.15, -0.1) is 0 Å². The fraction of sp³-hybridized carbons (Fsp3) is 0.0882. The molecule has 0 atom stereocenters. The van der Waals surface area contributed by atoms with Gasteiger partial charge in [0.1, 0.15) is 29.0 Å². The summed E-state index contributed by atoms with van der Waals surface area (Å²) < 4.78 is 10.5. The fourth-order valence-electron chi connectivity index (χ4n) is 14.5. The van der Waals surface area contributed by atoms with E-state index in [1.165, 1.54) is 44.8 Å². The smallest absolute Gasteiger partial charge is 0.255 e. The van der Waals surface area contributed by atoms with Crippen LogP contribution in [-0.4, -0.2) is 108 Å². The molecule has 3 aromatic heterocycles. The number of nitrogens with one attached hydrogen (secondary N) is 4. The molecule has 4 N–H and O–H groups in total. The van der Waals surface area contributed by atoms with Crippen LogP contribution in [0.4, 0.5) is 39.8 Å². The average molecular weight is 1550 g/mol. The summed E-state index contributed by atoms with van der Waals surface area (Å²) in [5.41, 5.74) is 31.2. The number of amides is 1. The van der Waals surface area contributed by atoms with Gasteiger partial charge in [-0.25, -0.2) is 15.0 Å². The highest BCUT2D eigenvalue weighted by molar-refractivity contribution is 6.08. The molecule has 0 unspecified atom stereocenters. The largest absolute Gasteiger partial charge is 0.497 e. The Morgan fingerprint density at radius 3 is 1.19 bits per heavy atom. The van der Waals surface area contributed by atoms with Crippen LogP contribution in [0.5, 0.6) is 11.5 Å². The van der Waals surface area contributed by atoms with Crippen LogP contribution in [0.15, 0.2) is 341 Å². The maximum absolute atomic E-state index is 13.1. The fourth-order valence-corrected chi connectivity index (χ4v) is 14.5. The molecule has 17 nitrogen and oxygen atoms in total. The van der Waals surface area contributed by atoms with Crippen molar-refractivity contribution >= 4 is 108 Å². The van der Waals surface area contributed by atoms with Crippen LogP contribution in [0, 0.1) is 0 Å². The third kappa shape index (κ3) is 17.8. The number of ether oxygens (including phenoxy) is 2. The maximum atomic E-state index is 13.1. The van der Waals surface area contributed by atoms with Gasteiger partial charge in [0.25, 0.3) is 5.91 Å². The molecular weight excluding hydrogens is 1470 g/mol. The number of carbonyl (C=O) groups excluding carboxylic acids is 2. The first kappa shape index (κ1) is 76.2. The van der Waals surface area contributed by atoms with Crippen molar-refractivity contribution < 1.29 is 19.1 Å². The molecule has 0 saturated heterocycles. The lowest BCUT2D eigenvalue weighted by Crippen LogP contribution is -2.11. The molecule has 119 heavy (non-hydrogen) atoms. The molecule has 19 rings (SSSR count). The number of hydrogen-bond acceptors (Lipinski definition) is 13. The summed E-state index contributed by atoms with van der Waals surface area (Å²) in [5, 5.41) is 2.95. The number of aliphatic imine (C=N–C) groups is 4. The zero-order valence-electron chi connectivity index (χ0n) is 66.5. The molecule has 2 aliphatic rings. The second-order valence-electron chi connectivity index (χ2n) is 29.6. The summed E-state index contributed by atoms with van der Waals surface area (Å²) >= 11 is 0. The van der Waals surface area contributed by atoms with Crippen LogP contribution in [-0.2, 0) is 19.3 Å². The summed E-state index contributed by atoms with van der Waals surface area (Å²) in [5.74, 6) is 3.95. The van der Waals surface area contributed by atoms with Crippen LogP contribution in [0.25, 0.3) is 89.5 Å². The monoisotopic (exact) mass is 1550 g/mol. The number of H-pyrrole nitrogens is 3. The molecule has 0 saturated carbocycles. The van der Waals surface area contributed by atoms with Gasteiger partial charge in [0, 0.05) is 105 Å². The highest BCUT2D eigenvalue weighted by Gasteiger charge is 2.21. The zero-order valence-corrected chi connectivity index (χ0v) is 66.5. The Hall–Kier alpha value is -15.5. The van der Waals surface area contributed by atoms with E-state index >= 15 is 0 Å². The predicted molar refractivity (Wildman–Crippen MR) is 486 cm³/mol. The van der Waals surface area contributed by atoms with Crippen molar-refractivity contribution in [3.63, 3.8) is 0 Å². The lowest BCUT2D eigenvalue weighted by atomic mass is 9.99. The van der Waals surface area contributed by atoms with Gasteiger partial charge in [-0.2, -0.15) is 0 Å². The minimum Gasteiger partial charge on any atom is -0.497 e. The molecule has 14 aromatic carbocycles. The van der Waals surface area contributed by atoms with Crippen LogP contribution < -0.4 is 24.6 Å². The Kier molecular flexibility index (Phi) is 21.9. The van der Waals surface area contributed by atoms with Gasteiger partial charge >= 0.3 is 0 Å². The number of benzene rings is 14. The summed E-state index contributed by atoms with van der Waals surface area (Å²) in [6, 6.07) is 107. The number of fused-ring (bicyclic) bond motifs is 5. The Labute approximate surface area is 689 Å². The lowest BCUT2D eigenvalue weighted by Gasteiger charge is -2.12. The minimum atomic E-state index is -0.204. The highest BCUT2D eigenvalue weighted by atomic mass is 16.5. The Bertz CT molecular complexity index is 6670.